The van der Waals surface area contributed by atoms with E-state index in [0.717, 1.165) is 0 Å². The predicted molar refractivity (Wildman–Crippen MR) is 159 cm³/mol. The Kier molecular flexibility index (Phi) is 8.65. The van der Waals surface area contributed by atoms with Gasteiger partial charge in [0.25, 0.3) is 5.56 Å². The summed E-state index contributed by atoms with van der Waals surface area (Å²) in [5.74, 6) is 2.39. The van der Waals surface area contributed by atoms with Crippen LogP contribution >= 0.6 is 11.3 Å². The van der Waals surface area contributed by atoms with Crippen LogP contribution in [0.25, 0.3) is 11.8 Å². The Morgan fingerprint density at radius 2 is 1.81 bits per heavy atom. The van der Waals surface area contributed by atoms with Gasteiger partial charge in [0.15, 0.2) is 16.3 Å². The Labute approximate surface area is 245 Å². The van der Waals surface area contributed by atoms with Gasteiger partial charge in [-0.15, -0.1) is 6.42 Å². The molecular weight excluding hydrogens is 555 g/mol. The van der Waals surface area contributed by atoms with Crippen LogP contribution in [-0.2, 0) is 9.53 Å². The number of rotatable bonds is 9. The van der Waals surface area contributed by atoms with Crippen molar-refractivity contribution in [3.63, 3.8) is 0 Å². The number of benzene rings is 3. The van der Waals surface area contributed by atoms with E-state index in [9.17, 15) is 14.0 Å². The summed E-state index contributed by atoms with van der Waals surface area (Å²) in [6.07, 6.45) is 7.06. The number of hydrogen-bond acceptors (Lipinski definition) is 7. The van der Waals surface area contributed by atoms with Crippen LogP contribution in [0.2, 0.25) is 0 Å². The second-order valence-corrected chi connectivity index (χ2v) is 10.1. The molecule has 1 aliphatic heterocycles. The van der Waals surface area contributed by atoms with Gasteiger partial charge in [-0.3, -0.25) is 9.36 Å². The van der Waals surface area contributed by atoms with Gasteiger partial charge < -0.3 is 14.2 Å². The molecule has 0 saturated carbocycles. The molecule has 1 aromatic heterocycles. The van der Waals surface area contributed by atoms with E-state index in [1.165, 1.54) is 28.0 Å². The molecule has 1 atom stereocenters. The number of thiazole rings is 1. The number of esters is 1. The summed E-state index contributed by atoms with van der Waals surface area (Å²) < 4.78 is 32.6. The third-order valence-electron chi connectivity index (χ3n) is 6.44. The molecule has 0 radical (unpaired) electrons. The summed E-state index contributed by atoms with van der Waals surface area (Å²) in [4.78, 5) is 32.7. The van der Waals surface area contributed by atoms with Gasteiger partial charge >= 0.3 is 5.97 Å². The van der Waals surface area contributed by atoms with E-state index in [1.807, 2.05) is 37.3 Å². The highest BCUT2D eigenvalue weighted by Gasteiger charge is 2.35. The smallest absolute Gasteiger partial charge is 0.338 e. The van der Waals surface area contributed by atoms with Crippen LogP contribution in [-0.4, -0.2) is 30.4 Å². The van der Waals surface area contributed by atoms with E-state index in [0.29, 0.717) is 49.8 Å². The van der Waals surface area contributed by atoms with Gasteiger partial charge in [-0.1, -0.05) is 65.8 Å². The molecule has 1 aliphatic rings. The number of aromatic nitrogens is 1. The minimum Gasteiger partial charge on any atom is -0.490 e. The van der Waals surface area contributed by atoms with Crippen LogP contribution in [0.3, 0.4) is 0 Å². The molecule has 0 aliphatic carbocycles. The minimum atomic E-state index is -0.892. The first-order valence-corrected chi connectivity index (χ1v) is 14.1. The number of terminal acetylenes is 1. The predicted octanol–water partition coefficient (Wildman–Crippen LogP) is 4.49. The highest BCUT2D eigenvalue weighted by molar-refractivity contribution is 7.07. The first kappa shape index (κ1) is 28.6. The maximum atomic E-state index is 14.0. The standard InChI is InChI=1S/C33H27FN2O5S/c1-4-18-41-25-17-12-21(19-26(25)39-5-2)20-27-31(37)36-30(23-13-15-24(34)16-14-23)28(32(38)40-6-3)29(35-33(36)42-27)22-10-8-7-9-11-22/h1,7-17,19-20,30H,5-6,18H2,2-3H3/b27-20-/t30-/m1/s1. The van der Waals surface area contributed by atoms with Gasteiger partial charge in [-0.05, 0) is 55.3 Å². The molecule has 0 unspecified atom stereocenters. The van der Waals surface area contributed by atoms with Crippen molar-refractivity contribution in [2.75, 3.05) is 19.8 Å². The van der Waals surface area contributed by atoms with Crippen LogP contribution in [0, 0.1) is 18.2 Å². The molecule has 2 heterocycles. The van der Waals surface area contributed by atoms with Crippen molar-refractivity contribution < 1.29 is 23.4 Å². The highest BCUT2D eigenvalue weighted by atomic mass is 32.1. The third kappa shape index (κ3) is 5.76. The Morgan fingerprint density at radius 3 is 2.50 bits per heavy atom. The fraction of sp³-hybridized carbons (Fsp3) is 0.182. The lowest BCUT2D eigenvalue weighted by Gasteiger charge is -2.25. The lowest BCUT2D eigenvalue weighted by Crippen LogP contribution is -2.40. The molecule has 0 spiro atoms. The van der Waals surface area contributed by atoms with E-state index in [-0.39, 0.29) is 24.3 Å². The molecule has 7 nitrogen and oxygen atoms in total. The summed E-state index contributed by atoms with van der Waals surface area (Å²) in [6.45, 7) is 4.20. The highest BCUT2D eigenvalue weighted by Crippen LogP contribution is 2.35. The Hall–Kier alpha value is -4.94. The Morgan fingerprint density at radius 1 is 1.05 bits per heavy atom. The number of hydrogen-bond donors (Lipinski definition) is 0. The van der Waals surface area contributed by atoms with Gasteiger partial charge in [-0.2, -0.15) is 0 Å². The summed E-state index contributed by atoms with van der Waals surface area (Å²) in [6, 6.07) is 19.4. The molecular formula is C33H27FN2O5S. The number of carbonyl (C=O) groups is 1. The molecule has 4 aromatic rings. The second-order valence-electron chi connectivity index (χ2n) is 9.12. The lowest BCUT2D eigenvalue weighted by molar-refractivity contribution is -0.138. The molecule has 5 rings (SSSR count). The van der Waals surface area contributed by atoms with E-state index in [2.05, 4.69) is 5.92 Å². The Bertz CT molecular complexity index is 1870. The molecule has 0 bridgehead atoms. The molecule has 0 fully saturated rings. The SMILES string of the molecule is C#CCOc1ccc(/C=c2\sc3n(c2=O)[C@H](c2ccc(F)cc2)C(C(=O)OCC)=C(c2ccccc2)N=3)cc1OCC. The topological polar surface area (TPSA) is 79.1 Å². The normalized spacial score (nSPS) is 14.5. The van der Waals surface area contributed by atoms with Crippen molar-refractivity contribution in [1.29, 1.82) is 0 Å². The average Bonchev–Trinajstić information content (AvgIpc) is 3.31. The Balaban J connectivity index is 1.74. The number of ether oxygens (including phenoxy) is 3. The molecule has 0 amide bonds. The molecule has 3 aromatic carbocycles. The van der Waals surface area contributed by atoms with Crippen LogP contribution in [0.1, 0.15) is 36.6 Å². The molecule has 0 N–H and O–H groups in total. The largest absolute Gasteiger partial charge is 0.490 e. The minimum absolute atomic E-state index is 0.0912. The van der Waals surface area contributed by atoms with Gasteiger partial charge in [0, 0.05) is 5.56 Å². The van der Waals surface area contributed by atoms with E-state index in [1.54, 1.807) is 43.3 Å². The third-order valence-corrected chi connectivity index (χ3v) is 7.42. The summed E-state index contributed by atoms with van der Waals surface area (Å²) in [5, 5.41) is 0. The van der Waals surface area contributed by atoms with E-state index >= 15 is 0 Å². The summed E-state index contributed by atoms with van der Waals surface area (Å²) in [7, 11) is 0. The van der Waals surface area contributed by atoms with Crippen molar-refractivity contribution in [3.8, 4) is 23.8 Å². The number of carbonyl (C=O) groups excluding carboxylic acids is 1. The van der Waals surface area contributed by atoms with Gasteiger partial charge in [0.1, 0.15) is 12.4 Å². The van der Waals surface area contributed by atoms with Crippen molar-refractivity contribution in [2.45, 2.75) is 19.9 Å². The number of fused-ring (bicyclic) bond motifs is 1. The van der Waals surface area contributed by atoms with Crippen molar-refractivity contribution >= 4 is 29.1 Å². The quantitative estimate of drug-likeness (QED) is 0.215. The first-order valence-electron chi connectivity index (χ1n) is 13.3. The van der Waals surface area contributed by atoms with E-state index < -0.39 is 17.8 Å². The summed E-state index contributed by atoms with van der Waals surface area (Å²) in [5.41, 5.74) is 2.17. The van der Waals surface area contributed by atoms with Crippen molar-refractivity contribution in [3.05, 3.63) is 121 Å². The van der Waals surface area contributed by atoms with Crippen molar-refractivity contribution in [2.24, 2.45) is 4.99 Å². The molecule has 0 saturated heterocycles. The number of halogens is 1. The van der Waals surface area contributed by atoms with Crippen LogP contribution < -0.4 is 24.4 Å². The summed E-state index contributed by atoms with van der Waals surface area (Å²) >= 11 is 1.19. The maximum absolute atomic E-state index is 14.0. The van der Waals surface area contributed by atoms with Gasteiger partial charge in [0.05, 0.1) is 35.1 Å². The van der Waals surface area contributed by atoms with E-state index in [4.69, 9.17) is 25.6 Å². The zero-order valence-electron chi connectivity index (χ0n) is 23.0. The number of nitrogens with zero attached hydrogens (tertiary/aromatic N) is 2. The second kappa shape index (κ2) is 12.7. The van der Waals surface area contributed by atoms with Crippen LogP contribution in [0.15, 0.2) is 88.2 Å². The molecule has 42 heavy (non-hydrogen) atoms. The zero-order valence-corrected chi connectivity index (χ0v) is 23.8. The van der Waals surface area contributed by atoms with Crippen LogP contribution in [0.4, 0.5) is 4.39 Å². The van der Waals surface area contributed by atoms with Crippen molar-refractivity contribution in [1.82, 2.24) is 4.57 Å². The zero-order chi connectivity index (χ0) is 29.6. The fourth-order valence-corrected chi connectivity index (χ4v) is 5.67. The van der Waals surface area contributed by atoms with Gasteiger partial charge in [0.2, 0.25) is 0 Å². The molecule has 212 valence electrons. The van der Waals surface area contributed by atoms with Crippen LogP contribution in [0.5, 0.6) is 11.5 Å². The average molecular weight is 583 g/mol. The lowest BCUT2D eigenvalue weighted by atomic mass is 9.93. The van der Waals surface area contributed by atoms with Gasteiger partial charge in [-0.25, -0.2) is 14.2 Å². The maximum Gasteiger partial charge on any atom is 0.338 e. The monoisotopic (exact) mass is 582 g/mol. The first-order chi connectivity index (χ1) is 20.4. The molecule has 9 heteroatoms. The fourth-order valence-electron chi connectivity index (χ4n) is 4.67.